The highest BCUT2D eigenvalue weighted by Crippen LogP contribution is 2.32. The number of aromatic nitrogens is 1. The predicted octanol–water partition coefficient (Wildman–Crippen LogP) is 3.21. The number of nitrogens with one attached hydrogen (secondary N) is 1. The van der Waals surface area contributed by atoms with Gasteiger partial charge in [0.2, 0.25) is 5.89 Å². The second-order valence-corrected chi connectivity index (χ2v) is 5.03. The number of rotatable bonds is 3. The zero-order chi connectivity index (χ0) is 13.4. The monoisotopic (exact) mass is 260 g/mol. The molecule has 1 unspecified atom stereocenters. The number of hydrogen-bond donors (Lipinski definition) is 1. The molecule has 1 atom stereocenters. The first-order valence-electron chi connectivity index (χ1n) is 6.58. The SMILES string of the molecule is Cc1nc(CNC2CCc3c(F)cccc32)oc1C. The molecule has 0 aliphatic heterocycles. The van der Waals surface area contributed by atoms with E-state index >= 15 is 0 Å². The number of hydrogen-bond acceptors (Lipinski definition) is 3. The molecular formula is C15H17FN2O. The second-order valence-electron chi connectivity index (χ2n) is 5.03. The van der Waals surface area contributed by atoms with Crippen molar-refractivity contribution in [2.24, 2.45) is 0 Å². The number of benzene rings is 1. The van der Waals surface area contributed by atoms with Crippen LogP contribution in [0.1, 0.15) is 40.9 Å². The van der Waals surface area contributed by atoms with Crippen LogP contribution in [-0.2, 0) is 13.0 Å². The average Bonchev–Trinajstić information content (AvgIpc) is 2.93. The van der Waals surface area contributed by atoms with Crippen molar-refractivity contribution >= 4 is 0 Å². The van der Waals surface area contributed by atoms with Crippen LogP contribution in [0.5, 0.6) is 0 Å². The number of fused-ring (bicyclic) bond motifs is 1. The average molecular weight is 260 g/mol. The van der Waals surface area contributed by atoms with E-state index in [1.807, 2.05) is 19.9 Å². The van der Waals surface area contributed by atoms with E-state index in [1.165, 1.54) is 6.07 Å². The fourth-order valence-corrected chi connectivity index (χ4v) is 2.65. The number of aryl methyl sites for hydroxylation is 2. The summed E-state index contributed by atoms with van der Waals surface area (Å²) in [5.41, 5.74) is 2.84. The summed E-state index contributed by atoms with van der Waals surface area (Å²) in [5, 5.41) is 3.40. The highest BCUT2D eigenvalue weighted by molar-refractivity contribution is 5.35. The summed E-state index contributed by atoms with van der Waals surface area (Å²) in [6.45, 7) is 4.42. The lowest BCUT2D eigenvalue weighted by atomic mass is 10.1. The molecule has 19 heavy (non-hydrogen) atoms. The highest BCUT2D eigenvalue weighted by atomic mass is 19.1. The van der Waals surface area contributed by atoms with E-state index in [0.717, 1.165) is 35.4 Å². The molecule has 4 heteroatoms. The van der Waals surface area contributed by atoms with Gasteiger partial charge in [-0.05, 0) is 43.9 Å². The third kappa shape index (κ3) is 2.28. The number of oxazole rings is 1. The van der Waals surface area contributed by atoms with Gasteiger partial charge in [0.05, 0.1) is 12.2 Å². The van der Waals surface area contributed by atoms with Crippen molar-refractivity contribution in [3.63, 3.8) is 0 Å². The summed E-state index contributed by atoms with van der Waals surface area (Å²) in [4.78, 5) is 4.34. The zero-order valence-electron chi connectivity index (χ0n) is 11.2. The van der Waals surface area contributed by atoms with E-state index < -0.39 is 0 Å². The van der Waals surface area contributed by atoms with E-state index in [2.05, 4.69) is 10.3 Å². The van der Waals surface area contributed by atoms with Gasteiger partial charge in [-0.1, -0.05) is 12.1 Å². The van der Waals surface area contributed by atoms with Crippen molar-refractivity contribution < 1.29 is 8.81 Å². The maximum Gasteiger partial charge on any atom is 0.208 e. The fourth-order valence-electron chi connectivity index (χ4n) is 2.65. The molecule has 0 bridgehead atoms. The minimum Gasteiger partial charge on any atom is -0.444 e. The Hall–Kier alpha value is -1.68. The number of halogens is 1. The lowest BCUT2D eigenvalue weighted by molar-refractivity contribution is 0.423. The second kappa shape index (κ2) is 4.78. The Balaban J connectivity index is 1.71. The largest absolute Gasteiger partial charge is 0.444 e. The van der Waals surface area contributed by atoms with Gasteiger partial charge >= 0.3 is 0 Å². The number of nitrogens with zero attached hydrogens (tertiary/aromatic N) is 1. The van der Waals surface area contributed by atoms with E-state index in [0.29, 0.717) is 12.4 Å². The molecule has 2 aromatic rings. The molecule has 3 rings (SSSR count). The predicted molar refractivity (Wildman–Crippen MR) is 70.3 cm³/mol. The van der Waals surface area contributed by atoms with E-state index in [1.54, 1.807) is 6.07 Å². The molecule has 1 aliphatic rings. The topological polar surface area (TPSA) is 38.1 Å². The summed E-state index contributed by atoms with van der Waals surface area (Å²) in [6.07, 6.45) is 1.72. The lowest BCUT2D eigenvalue weighted by Gasteiger charge is -2.12. The molecule has 0 spiro atoms. The maximum absolute atomic E-state index is 13.6. The molecule has 0 fully saturated rings. The summed E-state index contributed by atoms with van der Waals surface area (Å²) >= 11 is 0. The Kier molecular flexibility index (Phi) is 3.11. The van der Waals surface area contributed by atoms with Crippen LogP contribution in [0.3, 0.4) is 0 Å². The Labute approximate surface area is 111 Å². The Morgan fingerprint density at radius 1 is 1.42 bits per heavy atom. The van der Waals surface area contributed by atoms with Gasteiger partial charge in [0.15, 0.2) is 0 Å². The molecule has 1 aromatic heterocycles. The molecule has 1 N–H and O–H groups in total. The van der Waals surface area contributed by atoms with Gasteiger partial charge in [-0.25, -0.2) is 9.37 Å². The van der Waals surface area contributed by atoms with E-state index in [4.69, 9.17) is 4.42 Å². The van der Waals surface area contributed by atoms with Crippen molar-refractivity contribution in [3.05, 3.63) is 52.5 Å². The van der Waals surface area contributed by atoms with Crippen LogP contribution >= 0.6 is 0 Å². The van der Waals surface area contributed by atoms with Gasteiger partial charge in [0, 0.05) is 6.04 Å². The van der Waals surface area contributed by atoms with Gasteiger partial charge in [-0.2, -0.15) is 0 Å². The molecule has 3 nitrogen and oxygen atoms in total. The van der Waals surface area contributed by atoms with E-state index in [9.17, 15) is 4.39 Å². The molecule has 0 saturated heterocycles. The van der Waals surface area contributed by atoms with Gasteiger partial charge in [-0.15, -0.1) is 0 Å². The maximum atomic E-state index is 13.6. The van der Waals surface area contributed by atoms with Crippen molar-refractivity contribution in [2.75, 3.05) is 0 Å². The summed E-state index contributed by atoms with van der Waals surface area (Å²) < 4.78 is 19.2. The standard InChI is InChI=1S/C15H17FN2O/c1-9-10(2)19-15(18-9)8-17-14-7-6-11-12(14)4-3-5-13(11)16/h3-5,14,17H,6-8H2,1-2H3. The van der Waals surface area contributed by atoms with Crippen LogP contribution in [0.15, 0.2) is 22.6 Å². The van der Waals surface area contributed by atoms with Crippen LogP contribution in [0, 0.1) is 19.7 Å². The van der Waals surface area contributed by atoms with Crippen molar-refractivity contribution in [1.29, 1.82) is 0 Å². The first-order valence-corrected chi connectivity index (χ1v) is 6.58. The van der Waals surface area contributed by atoms with Gasteiger partial charge in [-0.3, -0.25) is 0 Å². The highest BCUT2D eigenvalue weighted by Gasteiger charge is 2.24. The third-order valence-electron chi connectivity index (χ3n) is 3.79. The summed E-state index contributed by atoms with van der Waals surface area (Å²) in [7, 11) is 0. The summed E-state index contributed by atoms with van der Waals surface area (Å²) in [6, 6.07) is 5.49. The molecule has 100 valence electrons. The first kappa shape index (κ1) is 12.4. The summed E-state index contributed by atoms with van der Waals surface area (Å²) in [5.74, 6) is 1.46. The Morgan fingerprint density at radius 3 is 3.00 bits per heavy atom. The van der Waals surface area contributed by atoms with Crippen LogP contribution < -0.4 is 5.32 Å². The van der Waals surface area contributed by atoms with E-state index in [-0.39, 0.29) is 11.9 Å². The third-order valence-corrected chi connectivity index (χ3v) is 3.79. The first-order chi connectivity index (χ1) is 9.15. The molecule has 0 amide bonds. The zero-order valence-corrected chi connectivity index (χ0v) is 11.2. The van der Waals surface area contributed by atoms with Crippen molar-refractivity contribution in [3.8, 4) is 0 Å². The normalized spacial score (nSPS) is 17.7. The smallest absolute Gasteiger partial charge is 0.208 e. The minimum atomic E-state index is -0.0930. The van der Waals surface area contributed by atoms with Crippen LogP contribution in [0.25, 0.3) is 0 Å². The van der Waals surface area contributed by atoms with Gasteiger partial charge < -0.3 is 9.73 Å². The fraction of sp³-hybridized carbons (Fsp3) is 0.400. The molecule has 0 saturated carbocycles. The molecular weight excluding hydrogens is 243 g/mol. The quantitative estimate of drug-likeness (QED) is 0.921. The molecule has 1 heterocycles. The van der Waals surface area contributed by atoms with Gasteiger partial charge in [0.25, 0.3) is 0 Å². The van der Waals surface area contributed by atoms with Crippen molar-refractivity contribution in [1.82, 2.24) is 10.3 Å². The molecule has 0 radical (unpaired) electrons. The minimum absolute atomic E-state index is 0.0930. The van der Waals surface area contributed by atoms with Crippen LogP contribution in [-0.4, -0.2) is 4.98 Å². The van der Waals surface area contributed by atoms with Crippen molar-refractivity contribution in [2.45, 2.75) is 39.3 Å². The Morgan fingerprint density at radius 2 is 2.26 bits per heavy atom. The lowest BCUT2D eigenvalue weighted by Crippen LogP contribution is -2.18. The van der Waals surface area contributed by atoms with Gasteiger partial charge in [0.1, 0.15) is 11.6 Å². The molecule has 1 aromatic carbocycles. The molecule has 1 aliphatic carbocycles. The Bertz CT molecular complexity index is 587. The van der Waals surface area contributed by atoms with Crippen LogP contribution in [0.2, 0.25) is 0 Å². The van der Waals surface area contributed by atoms with Crippen LogP contribution in [0.4, 0.5) is 4.39 Å².